The van der Waals surface area contributed by atoms with Crippen molar-refractivity contribution in [3.8, 4) is 0 Å². The van der Waals surface area contributed by atoms with Crippen molar-refractivity contribution in [1.29, 1.82) is 0 Å². The Balaban J connectivity index is 0.000001000. The van der Waals surface area contributed by atoms with Crippen LogP contribution < -0.4 is 0 Å². The number of morpholine rings is 1. The number of carbonyl (C=O) groups is 1. The Morgan fingerprint density at radius 1 is 1.45 bits per heavy atom. The fraction of sp³-hybridized carbons (Fsp3) is 0.833. The molecule has 1 aliphatic rings. The van der Waals surface area contributed by atoms with Crippen molar-refractivity contribution in [3.05, 3.63) is 0 Å². The van der Waals surface area contributed by atoms with Crippen molar-refractivity contribution in [1.82, 2.24) is 4.90 Å². The standard InChI is InChI=1S/C6H11NO3.Ca.2H/c8-6(9)5-7-1-3-10-4-2-7;;;/h1-5H2,(H,8,9);;;. The summed E-state index contributed by atoms with van der Waals surface area (Å²) >= 11 is 0. The number of carboxylic acids is 1. The summed E-state index contributed by atoms with van der Waals surface area (Å²) in [7, 11) is 0. The molecule has 0 unspecified atom stereocenters. The molecule has 0 aromatic carbocycles. The SMILES string of the molecule is O=C(O)CN1CCOCC1.[CaH2]. The summed E-state index contributed by atoms with van der Waals surface area (Å²) in [6.07, 6.45) is 0. The van der Waals surface area contributed by atoms with Crippen molar-refractivity contribution < 1.29 is 14.6 Å². The molecule has 1 rings (SSSR count). The average Bonchev–Trinajstić information content (AvgIpc) is 1.88. The van der Waals surface area contributed by atoms with E-state index in [1.54, 1.807) is 0 Å². The fourth-order valence-corrected chi connectivity index (χ4v) is 0.951. The van der Waals surface area contributed by atoms with Gasteiger partial charge < -0.3 is 9.84 Å². The molecule has 0 atom stereocenters. The molecule has 0 aliphatic carbocycles. The fourth-order valence-electron chi connectivity index (χ4n) is 0.951. The number of hydrogen-bond donors (Lipinski definition) is 1. The van der Waals surface area contributed by atoms with Crippen molar-refractivity contribution in [2.24, 2.45) is 0 Å². The van der Waals surface area contributed by atoms with E-state index in [2.05, 4.69) is 0 Å². The summed E-state index contributed by atoms with van der Waals surface area (Å²) in [6.45, 7) is 2.95. The molecule has 4 nitrogen and oxygen atoms in total. The summed E-state index contributed by atoms with van der Waals surface area (Å²) in [5.41, 5.74) is 0. The molecule has 0 saturated carbocycles. The molecule has 5 heteroatoms. The second-order valence-electron chi connectivity index (χ2n) is 2.28. The minimum atomic E-state index is -0.762. The topological polar surface area (TPSA) is 49.8 Å². The molecule has 62 valence electrons. The molecular weight excluding hydrogens is 174 g/mol. The zero-order chi connectivity index (χ0) is 7.40. The van der Waals surface area contributed by atoms with Gasteiger partial charge in [-0.1, -0.05) is 0 Å². The van der Waals surface area contributed by atoms with Crippen LogP contribution in [0.2, 0.25) is 0 Å². The number of hydrogen-bond acceptors (Lipinski definition) is 3. The predicted octanol–water partition coefficient (Wildman–Crippen LogP) is -1.51. The Morgan fingerprint density at radius 2 is 2.00 bits per heavy atom. The zero-order valence-corrected chi connectivity index (χ0v) is 5.75. The molecule has 0 radical (unpaired) electrons. The van der Waals surface area contributed by atoms with Crippen LogP contribution in [0.3, 0.4) is 0 Å². The second kappa shape index (κ2) is 6.20. The van der Waals surface area contributed by atoms with Gasteiger partial charge in [-0.25, -0.2) is 0 Å². The Bertz CT molecular complexity index is 125. The van der Waals surface area contributed by atoms with Crippen LogP contribution in [-0.4, -0.2) is 86.6 Å². The third-order valence-electron chi connectivity index (χ3n) is 1.46. The normalized spacial score (nSPS) is 18.9. The van der Waals surface area contributed by atoms with Crippen LogP contribution in [0, 0.1) is 0 Å². The van der Waals surface area contributed by atoms with Gasteiger partial charge in [0.25, 0.3) is 0 Å². The van der Waals surface area contributed by atoms with Gasteiger partial charge in [-0.2, -0.15) is 0 Å². The van der Waals surface area contributed by atoms with E-state index in [1.807, 2.05) is 4.90 Å². The summed E-state index contributed by atoms with van der Waals surface area (Å²) in [5.74, 6) is -0.762. The summed E-state index contributed by atoms with van der Waals surface area (Å²) in [6, 6.07) is 0. The van der Waals surface area contributed by atoms with Crippen LogP contribution in [0.5, 0.6) is 0 Å². The molecule has 0 aromatic rings. The minimum absolute atomic E-state index is 0. The van der Waals surface area contributed by atoms with Crippen LogP contribution in [0.25, 0.3) is 0 Å². The van der Waals surface area contributed by atoms with E-state index in [9.17, 15) is 4.79 Å². The maximum atomic E-state index is 10.2. The van der Waals surface area contributed by atoms with Crippen molar-refractivity contribution in [3.63, 3.8) is 0 Å². The maximum absolute atomic E-state index is 10.2. The van der Waals surface area contributed by atoms with E-state index < -0.39 is 5.97 Å². The van der Waals surface area contributed by atoms with Crippen molar-refractivity contribution in [2.75, 3.05) is 32.8 Å². The molecule has 1 N–H and O–H groups in total. The average molecular weight is 187 g/mol. The first-order chi connectivity index (χ1) is 4.79. The monoisotopic (exact) mass is 187 g/mol. The number of rotatable bonds is 2. The summed E-state index contributed by atoms with van der Waals surface area (Å²) < 4.78 is 5.05. The number of carboxylic acid groups (broad SMARTS) is 1. The number of nitrogens with zero attached hydrogens (tertiary/aromatic N) is 1. The van der Waals surface area contributed by atoms with Gasteiger partial charge in [0.15, 0.2) is 0 Å². The quantitative estimate of drug-likeness (QED) is 0.534. The Kier molecular flexibility index (Phi) is 6.56. The van der Waals surface area contributed by atoms with E-state index in [1.165, 1.54) is 0 Å². The van der Waals surface area contributed by atoms with E-state index in [0.717, 1.165) is 13.1 Å². The number of aliphatic carboxylic acids is 1. The van der Waals surface area contributed by atoms with Gasteiger partial charge >= 0.3 is 43.7 Å². The molecule has 1 saturated heterocycles. The third-order valence-corrected chi connectivity index (χ3v) is 1.46. The summed E-state index contributed by atoms with van der Waals surface area (Å²) in [4.78, 5) is 12.1. The molecule has 0 aromatic heterocycles. The van der Waals surface area contributed by atoms with E-state index in [-0.39, 0.29) is 44.3 Å². The van der Waals surface area contributed by atoms with Crippen LogP contribution in [-0.2, 0) is 9.53 Å². The van der Waals surface area contributed by atoms with Crippen LogP contribution >= 0.6 is 0 Å². The molecule has 0 bridgehead atoms. The van der Waals surface area contributed by atoms with Crippen LogP contribution in [0.1, 0.15) is 0 Å². The van der Waals surface area contributed by atoms with Crippen molar-refractivity contribution >= 4 is 43.7 Å². The van der Waals surface area contributed by atoms with Crippen molar-refractivity contribution in [2.45, 2.75) is 0 Å². The van der Waals surface area contributed by atoms with Gasteiger partial charge in [-0.15, -0.1) is 0 Å². The van der Waals surface area contributed by atoms with Gasteiger partial charge in [0, 0.05) is 13.1 Å². The van der Waals surface area contributed by atoms with Gasteiger partial charge in [-0.3, -0.25) is 9.69 Å². The van der Waals surface area contributed by atoms with Gasteiger partial charge in [0.1, 0.15) is 0 Å². The molecule has 1 heterocycles. The first kappa shape index (κ1) is 11.6. The Morgan fingerprint density at radius 3 is 2.45 bits per heavy atom. The van der Waals surface area contributed by atoms with Crippen LogP contribution in [0.15, 0.2) is 0 Å². The van der Waals surface area contributed by atoms with Gasteiger partial charge in [-0.05, 0) is 0 Å². The summed E-state index contributed by atoms with van der Waals surface area (Å²) in [5, 5.41) is 8.38. The molecule has 1 aliphatic heterocycles. The molecular formula is C6H13CaNO3. The predicted molar refractivity (Wildman–Crippen MR) is 43.4 cm³/mol. The first-order valence-electron chi connectivity index (χ1n) is 3.31. The Labute approximate surface area is 95.5 Å². The molecule has 11 heavy (non-hydrogen) atoms. The molecule has 1 fully saturated rings. The number of ether oxygens (including phenoxy) is 1. The zero-order valence-electron chi connectivity index (χ0n) is 5.75. The Hall–Kier alpha value is 0.650. The third kappa shape index (κ3) is 4.98. The second-order valence-corrected chi connectivity index (χ2v) is 2.28. The van der Waals surface area contributed by atoms with Gasteiger partial charge in [0.05, 0.1) is 19.8 Å². The molecule has 0 amide bonds. The molecule has 0 spiro atoms. The van der Waals surface area contributed by atoms with Gasteiger partial charge in [0.2, 0.25) is 0 Å². The first-order valence-corrected chi connectivity index (χ1v) is 3.31. The van der Waals surface area contributed by atoms with Crippen LogP contribution in [0.4, 0.5) is 0 Å². The van der Waals surface area contributed by atoms with E-state index in [4.69, 9.17) is 9.84 Å². The van der Waals surface area contributed by atoms with E-state index in [0.29, 0.717) is 13.2 Å². The van der Waals surface area contributed by atoms with E-state index >= 15 is 0 Å².